The molecule has 1 N–H and O–H groups in total. The molecule has 2 saturated carbocycles. The van der Waals surface area contributed by atoms with Crippen molar-refractivity contribution >= 4 is 23.2 Å². The molecule has 0 spiro atoms. The third-order valence-electron chi connectivity index (χ3n) is 5.72. The molecule has 6 nitrogen and oxygen atoms in total. The molecule has 0 radical (unpaired) electrons. The SMILES string of the molecule is CN(C)CCN(Cc1cc(NC(=O)C2CCC2)ccc1N(C)C)C(=O)C1CC1. The Balaban J connectivity index is 1.78. The van der Waals surface area contributed by atoms with Crippen LogP contribution in [0.3, 0.4) is 0 Å². The van der Waals surface area contributed by atoms with Gasteiger partial charge in [-0.15, -0.1) is 0 Å². The molecular formula is C22H34N4O2. The molecule has 2 aliphatic rings. The number of carbonyl (C=O) groups is 2. The molecule has 154 valence electrons. The summed E-state index contributed by atoms with van der Waals surface area (Å²) >= 11 is 0. The topological polar surface area (TPSA) is 55.9 Å². The zero-order chi connectivity index (χ0) is 20.3. The number of carbonyl (C=O) groups excluding carboxylic acids is 2. The Hall–Kier alpha value is -2.08. The molecule has 0 heterocycles. The number of nitrogens with one attached hydrogen (secondary N) is 1. The van der Waals surface area contributed by atoms with E-state index in [1.807, 2.05) is 51.3 Å². The molecular weight excluding hydrogens is 352 g/mol. The second kappa shape index (κ2) is 8.95. The molecule has 0 aromatic heterocycles. The molecule has 0 aliphatic heterocycles. The Morgan fingerprint density at radius 1 is 1.00 bits per heavy atom. The summed E-state index contributed by atoms with van der Waals surface area (Å²) in [5, 5.41) is 3.07. The van der Waals surface area contributed by atoms with E-state index in [9.17, 15) is 9.59 Å². The lowest BCUT2D eigenvalue weighted by atomic mass is 9.85. The third-order valence-corrected chi connectivity index (χ3v) is 5.72. The van der Waals surface area contributed by atoms with Gasteiger partial charge in [0.2, 0.25) is 11.8 Å². The highest BCUT2D eigenvalue weighted by molar-refractivity contribution is 5.93. The average Bonchev–Trinajstić information content (AvgIpc) is 3.41. The van der Waals surface area contributed by atoms with Gasteiger partial charge in [-0.25, -0.2) is 0 Å². The number of benzene rings is 1. The Kier molecular flexibility index (Phi) is 6.60. The predicted octanol–water partition coefficient (Wildman–Crippen LogP) is 2.79. The van der Waals surface area contributed by atoms with E-state index in [-0.39, 0.29) is 23.7 Å². The van der Waals surface area contributed by atoms with Gasteiger partial charge < -0.3 is 20.0 Å². The molecule has 2 aliphatic carbocycles. The monoisotopic (exact) mass is 386 g/mol. The largest absolute Gasteiger partial charge is 0.377 e. The lowest BCUT2D eigenvalue weighted by molar-refractivity contribution is -0.133. The summed E-state index contributed by atoms with van der Waals surface area (Å²) in [4.78, 5) is 31.3. The van der Waals surface area contributed by atoms with Crippen LogP contribution in [0.4, 0.5) is 11.4 Å². The summed E-state index contributed by atoms with van der Waals surface area (Å²) in [6, 6.07) is 6.04. The standard InChI is InChI=1S/C22H34N4O2/c1-24(2)12-13-26(22(28)17-8-9-17)15-18-14-19(10-11-20(18)25(3)4)23-21(27)16-6-5-7-16/h10-11,14,16-17H,5-9,12-13,15H2,1-4H3,(H,23,27). The van der Waals surface area contributed by atoms with Crippen LogP contribution in [0, 0.1) is 11.8 Å². The molecule has 2 amide bonds. The van der Waals surface area contributed by atoms with Crippen LogP contribution in [0.5, 0.6) is 0 Å². The lowest BCUT2D eigenvalue weighted by Crippen LogP contribution is -2.37. The summed E-state index contributed by atoms with van der Waals surface area (Å²) < 4.78 is 0. The van der Waals surface area contributed by atoms with Crippen molar-refractivity contribution < 1.29 is 9.59 Å². The van der Waals surface area contributed by atoms with Crippen LogP contribution < -0.4 is 10.2 Å². The second-order valence-corrected chi connectivity index (χ2v) is 8.69. The molecule has 0 atom stereocenters. The summed E-state index contributed by atoms with van der Waals surface area (Å²) in [5.74, 6) is 0.736. The van der Waals surface area contributed by atoms with Gasteiger partial charge in [-0.05, 0) is 63.5 Å². The van der Waals surface area contributed by atoms with Gasteiger partial charge in [0.15, 0.2) is 0 Å². The maximum absolute atomic E-state index is 12.8. The molecule has 0 unspecified atom stereocenters. The van der Waals surface area contributed by atoms with Gasteiger partial charge in [-0.1, -0.05) is 6.42 Å². The number of likely N-dealkylation sites (N-methyl/N-ethyl adjacent to an activating group) is 1. The Morgan fingerprint density at radius 2 is 1.71 bits per heavy atom. The van der Waals surface area contributed by atoms with Gasteiger partial charge in [0.1, 0.15) is 0 Å². The molecule has 0 bridgehead atoms. The summed E-state index contributed by atoms with van der Waals surface area (Å²) in [7, 11) is 8.08. The number of rotatable bonds is 9. The molecule has 2 fully saturated rings. The van der Waals surface area contributed by atoms with Gasteiger partial charge in [-0.3, -0.25) is 9.59 Å². The number of nitrogens with zero attached hydrogens (tertiary/aromatic N) is 3. The van der Waals surface area contributed by atoms with E-state index in [0.717, 1.165) is 55.6 Å². The fraction of sp³-hybridized carbons (Fsp3) is 0.636. The highest BCUT2D eigenvalue weighted by Crippen LogP contribution is 2.33. The Morgan fingerprint density at radius 3 is 2.25 bits per heavy atom. The first-order valence-corrected chi connectivity index (χ1v) is 10.4. The van der Waals surface area contributed by atoms with Crippen LogP contribution in [-0.4, -0.2) is 62.9 Å². The second-order valence-electron chi connectivity index (χ2n) is 8.69. The minimum atomic E-state index is 0.119. The first-order valence-electron chi connectivity index (χ1n) is 10.4. The van der Waals surface area contributed by atoms with E-state index in [1.54, 1.807) is 0 Å². The van der Waals surface area contributed by atoms with E-state index >= 15 is 0 Å². The van der Waals surface area contributed by atoms with Crippen molar-refractivity contribution in [1.29, 1.82) is 0 Å². The van der Waals surface area contributed by atoms with Crippen LogP contribution in [0.15, 0.2) is 18.2 Å². The van der Waals surface area contributed by atoms with Crippen LogP contribution in [0.1, 0.15) is 37.7 Å². The van der Waals surface area contributed by atoms with E-state index in [1.165, 1.54) is 0 Å². The minimum absolute atomic E-state index is 0.119. The molecule has 6 heteroatoms. The van der Waals surface area contributed by atoms with E-state index < -0.39 is 0 Å². The maximum Gasteiger partial charge on any atom is 0.227 e. The quantitative estimate of drug-likeness (QED) is 0.709. The van der Waals surface area contributed by atoms with Crippen molar-refractivity contribution in [3.8, 4) is 0 Å². The minimum Gasteiger partial charge on any atom is -0.377 e. The first kappa shape index (κ1) is 20.6. The number of anilines is 2. The zero-order valence-corrected chi connectivity index (χ0v) is 17.7. The summed E-state index contributed by atoms with van der Waals surface area (Å²) in [6.45, 7) is 2.13. The van der Waals surface area contributed by atoms with Crippen molar-refractivity contribution in [2.75, 3.05) is 51.5 Å². The number of hydrogen-bond donors (Lipinski definition) is 1. The predicted molar refractivity (Wildman–Crippen MR) is 113 cm³/mol. The fourth-order valence-electron chi connectivity index (χ4n) is 3.52. The Bertz CT molecular complexity index is 708. The van der Waals surface area contributed by atoms with Crippen molar-refractivity contribution in [3.05, 3.63) is 23.8 Å². The van der Waals surface area contributed by atoms with Gasteiger partial charge in [0.25, 0.3) is 0 Å². The van der Waals surface area contributed by atoms with E-state index in [0.29, 0.717) is 13.1 Å². The molecule has 0 saturated heterocycles. The summed E-state index contributed by atoms with van der Waals surface area (Å²) in [5.41, 5.74) is 2.98. The number of hydrogen-bond acceptors (Lipinski definition) is 4. The molecule has 1 aromatic rings. The maximum atomic E-state index is 12.8. The normalized spacial score (nSPS) is 16.6. The van der Waals surface area contributed by atoms with Crippen molar-refractivity contribution in [3.63, 3.8) is 0 Å². The van der Waals surface area contributed by atoms with Crippen LogP contribution >= 0.6 is 0 Å². The zero-order valence-electron chi connectivity index (χ0n) is 17.7. The fourth-order valence-corrected chi connectivity index (χ4v) is 3.52. The highest BCUT2D eigenvalue weighted by atomic mass is 16.2. The molecule has 3 rings (SSSR count). The van der Waals surface area contributed by atoms with Gasteiger partial charge >= 0.3 is 0 Å². The van der Waals surface area contributed by atoms with Crippen LogP contribution in [0.2, 0.25) is 0 Å². The van der Waals surface area contributed by atoms with Crippen molar-refractivity contribution in [2.45, 2.75) is 38.6 Å². The van der Waals surface area contributed by atoms with Crippen LogP contribution in [0.25, 0.3) is 0 Å². The summed E-state index contributed by atoms with van der Waals surface area (Å²) in [6.07, 6.45) is 5.14. The average molecular weight is 387 g/mol. The van der Waals surface area contributed by atoms with Crippen molar-refractivity contribution in [2.24, 2.45) is 11.8 Å². The smallest absolute Gasteiger partial charge is 0.227 e. The third kappa shape index (κ3) is 5.25. The lowest BCUT2D eigenvalue weighted by Gasteiger charge is -2.28. The van der Waals surface area contributed by atoms with Gasteiger partial charge in [0.05, 0.1) is 0 Å². The van der Waals surface area contributed by atoms with Crippen LogP contribution in [-0.2, 0) is 16.1 Å². The van der Waals surface area contributed by atoms with Gasteiger partial charge in [-0.2, -0.15) is 0 Å². The molecule has 1 aromatic carbocycles. The van der Waals surface area contributed by atoms with Crippen molar-refractivity contribution in [1.82, 2.24) is 9.80 Å². The Labute approximate surface area is 168 Å². The van der Waals surface area contributed by atoms with Gasteiger partial charge in [0, 0.05) is 56.9 Å². The molecule has 28 heavy (non-hydrogen) atoms. The number of amides is 2. The first-order chi connectivity index (χ1) is 13.3. The van der Waals surface area contributed by atoms with E-state index in [2.05, 4.69) is 15.1 Å². The highest BCUT2D eigenvalue weighted by Gasteiger charge is 2.33. The van der Waals surface area contributed by atoms with E-state index in [4.69, 9.17) is 0 Å².